The number of H-pyrrole nitrogens is 1. The Labute approximate surface area is 109 Å². The highest BCUT2D eigenvalue weighted by Gasteiger charge is 2.27. The number of rotatable bonds is 2. The largest absolute Gasteiger partial charge is 0.393 e. The van der Waals surface area contributed by atoms with Crippen molar-refractivity contribution in [1.29, 1.82) is 0 Å². The van der Waals surface area contributed by atoms with E-state index in [4.69, 9.17) is 0 Å². The molecule has 0 aliphatic carbocycles. The van der Waals surface area contributed by atoms with E-state index in [1.807, 2.05) is 6.92 Å². The summed E-state index contributed by atoms with van der Waals surface area (Å²) in [6.45, 7) is 2.76. The molecule has 0 aromatic carbocycles. The van der Waals surface area contributed by atoms with Crippen LogP contribution in [0.4, 0.5) is 0 Å². The number of hydrogen-bond donors (Lipinski definition) is 2. The zero-order chi connectivity index (χ0) is 14.0. The Morgan fingerprint density at radius 2 is 2.26 bits per heavy atom. The van der Waals surface area contributed by atoms with Crippen LogP contribution < -0.4 is 11.2 Å². The van der Waals surface area contributed by atoms with Gasteiger partial charge in [0.25, 0.3) is 5.56 Å². The molecule has 0 saturated carbocycles. The molecule has 7 nitrogen and oxygen atoms in total. The maximum Gasteiger partial charge on any atom is 0.328 e. The van der Waals surface area contributed by atoms with Crippen LogP contribution in [0.3, 0.4) is 0 Å². The molecule has 0 radical (unpaired) electrons. The maximum absolute atomic E-state index is 12.0. The summed E-state index contributed by atoms with van der Waals surface area (Å²) < 4.78 is 1.17. The average Bonchev–Trinajstić information content (AvgIpc) is 2.36. The number of aromatic amines is 1. The third kappa shape index (κ3) is 3.11. The topological polar surface area (TPSA) is 95.4 Å². The molecule has 1 amide bonds. The molecule has 1 fully saturated rings. The highest BCUT2D eigenvalue weighted by molar-refractivity contribution is 5.76. The number of carbonyl (C=O) groups excluding carboxylic acids is 1. The second-order valence-corrected chi connectivity index (χ2v) is 4.91. The van der Waals surface area contributed by atoms with Gasteiger partial charge >= 0.3 is 5.69 Å². The van der Waals surface area contributed by atoms with Crippen molar-refractivity contribution in [2.24, 2.45) is 5.92 Å². The summed E-state index contributed by atoms with van der Waals surface area (Å²) in [5, 5.41) is 9.61. The van der Waals surface area contributed by atoms with Crippen LogP contribution >= 0.6 is 0 Å². The van der Waals surface area contributed by atoms with E-state index in [0.717, 1.165) is 0 Å². The second-order valence-electron chi connectivity index (χ2n) is 4.91. The van der Waals surface area contributed by atoms with Crippen molar-refractivity contribution in [3.05, 3.63) is 33.1 Å². The molecule has 2 heterocycles. The van der Waals surface area contributed by atoms with E-state index in [1.54, 1.807) is 4.90 Å². The SMILES string of the molecule is CC1CN(C(=O)Cn2ccc(=O)[nH]c2=O)CCC1O. The fraction of sp³-hybridized carbons (Fsp3) is 0.583. The molecule has 7 heteroatoms. The molecular weight excluding hydrogens is 250 g/mol. The molecule has 0 bridgehead atoms. The molecule has 2 N–H and O–H groups in total. The summed E-state index contributed by atoms with van der Waals surface area (Å²) in [7, 11) is 0. The first kappa shape index (κ1) is 13.5. The molecule has 2 rings (SSSR count). The number of likely N-dealkylation sites (tertiary alicyclic amines) is 1. The first-order chi connectivity index (χ1) is 8.97. The fourth-order valence-corrected chi connectivity index (χ4v) is 2.17. The lowest BCUT2D eigenvalue weighted by Crippen LogP contribution is -2.47. The molecule has 1 aromatic heterocycles. The smallest absolute Gasteiger partial charge is 0.328 e. The predicted octanol–water partition coefficient (Wildman–Crippen LogP) is -1.23. The fourth-order valence-electron chi connectivity index (χ4n) is 2.17. The Morgan fingerprint density at radius 1 is 1.53 bits per heavy atom. The monoisotopic (exact) mass is 267 g/mol. The highest BCUT2D eigenvalue weighted by Crippen LogP contribution is 2.16. The minimum atomic E-state index is -0.592. The lowest BCUT2D eigenvalue weighted by atomic mass is 9.97. The van der Waals surface area contributed by atoms with Gasteiger partial charge in [0, 0.05) is 25.4 Å². The quantitative estimate of drug-likeness (QED) is 0.701. The number of nitrogens with one attached hydrogen (secondary N) is 1. The molecule has 104 valence electrons. The number of hydrogen-bond acceptors (Lipinski definition) is 4. The number of carbonyl (C=O) groups is 1. The number of amides is 1. The van der Waals surface area contributed by atoms with Gasteiger partial charge in [0.05, 0.1) is 6.10 Å². The van der Waals surface area contributed by atoms with Gasteiger partial charge in [0.2, 0.25) is 5.91 Å². The van der Waals surface area contributed by atoms with Gasteiger partial charge in [0.1, 0.15) is 6.54 Å². The molecule has 2 atom stereocenters. The first-order valence-corrected chi connectivity index (χ1v) is 6.23. The van der Waals surface area contributed by atoms with E-state index in [-0.39, 0.29) is 24.5 Å². The Balaban J connectivity index is 2.05. The summed E-state index contributed by atoms with van der Waals surface area (Å²) in [6, 6.07) is 1.21. The highest BCUT2D eigenvalue weighted by atomic mass is 16.3. The Bertz CT molecular complexity index is 577. The van der Waals surface area contributed by atoms with Crippen LogP contribution in [-0.4, -0.2) is 44.7 Å². The molecule has 1 saturated heterocycles. The van der Waals surface area contributed by atoms with Crippen LogP contribution in [0.5, 0.6) is 0 Å². The van der Waals surface area contributed by atoms with E-state index in [9.17, 15) is 19.5 Å². The Kier molecular flexibility index (Phi) is 3.84. The van der Waals surface area contributed by atoms with Crippen molar-refractivity contribution in [3.8, 4) is 0 Å². The number of piperidine rings is 1. The van der Waals surface area contributed by atoms with Crippen LogP contribution in [-0.2, 0) is 11.3 Å². The van der Waals surface area contributed by atoms with Gasteiger partial charge in [-0.25, -0.2) is 4.79 Å². The number of aliphatic hydroxyl groups excluding tert-OH is 1. The standard InChI is InChI=1S/C12H17N3O4/c1-8-6-14(4-2-9(8)16)11(18)7-15-5-3-10(17)13-12(15)19/h3,5,8-9,16H,2,4,6-7H2,1H3,(H,13,17,19). The zero-order valence-corrected chi connectivity index (χ0v) is 10.7. The van der Waals surface area contributed by atoms with Crippen LogP contribution in [0.15, 0.2) is 21.9 Å². The van der Waals surface area contributed by atoms with E-state index in [2.05, 4.69) is 4.98 Å². The average molecular weight is 267 g/mol. The number of aliphatic hydroxyl groups is 1. The normalized spacial score (nSPS) is 23.4. The minimum absolute atomic E-state index is 0.0324. The third-order valence-corrected chi connectivity index (χ3v) is 3.42. The predicted molar refractivity (Wildman–Crippen MR) is 67.7 cm³/mol. The van der Waals surface area contributed by atoms with E-state index in [1.165, 1.54) is 16.8 Å². The van der Waals surface area contributed by atoms with Crippen LogP contribution in [0.25, 0.3) is 0 Å². The van der Waals surface area contributed by atoms with E-state index >= 15 is 0 Å². The van der Waals surface area contributed by atoms with Crippen molar-refractivity contribution in [2.45, 2.75) is 26.0 Å². The van der Waals surface area contributed by atoms with Gasteiger partial charge in [-0.05, 0) is 12.3 Å². The molecule has 1 aliphatic heterocycles. The summed E-state index contributed by atoms with van der Waals surface area (Å²) in [6.07, 6.45) is 1.48. The van der Waals surface area contributed by atoms with Gasteiger partial charge in [-0.3, -0.25) is 19.1 Å². The molecule has 1 aromatic rings. The third-order valence-electron chi connectivity index (χ3n) is 3.42. The second kappa shape index (κ2) is 5.40. The Hall–Kier alpha value is -1.89. The van der Waals surface area contributed by atoms with E-state index in [0.29, 0.717) is 19.5 Å². The van der Waals surface area contributed by atoms with Gasteiger partial charge in [-0.15, -0.1) is 0 Å². The summed E-state index contributed by atoms with van der Waals surface area (Å²) in [4.78, 5) is 38.2. The lowest BCUT2D eigenvalue weighted by Gasteiger charge is -2.34. The Morgan fingerprint density at radius 3 is 2.89 bits per heavy atom. The van der Waals surface area contributed by atoms with Crippen molar-refractivity contribution in [1.82, 2.24) is 14.5 Å². The maximum atomic E-state index is 12.0. The zero-order valence-electron chi connectivity index (χ0n) is 10.7. The van der Waals surface area contributed by atoms with Crippen molar-refractivity contribution < 1.29 is 9.90 Å². The van der Waals surface area contributed by atoms with Crippen LogP contribution in [0, 0.1) is 5.92 Å². The summed E-state index contributed by atoms with van der Waals surface area (Å²) in [5.41, 5.74) is -1.07. The van der Waals surface area contributed by atoms with Gasteiger partial charge < -0.3 is 10.0 Å². The molecular formula is C12H17N3O4. The molecule has 0 spiro atoms. The summed E-state index contributed by atoms with van der Waals surface area (Å²) in [5.74, 6) is -0.155. The summed E-state index contributed by atoms with van der Waals surface area (Å²) >= 11 is 0. The number of nitrogens with zero attached hydrogens (tertiary/aromatic N) is 2. The lowest BCUT2D eigenvalue weighted by molar-refractivity contribution is -0.135. The van der Waals surface area contributed by atoms with Crippen molar-refractivity contribution >= 4 is 5.91 Å². The van der Waals surface area contributed by atoms with Gasteiger partial charge in [-0.1, -0.05) is 6.92 Å². The van der Waals surface area contributed by atoms with Gasteiger partial charge in [0.15, 0.2) is 0 Å². The van der Waals surface area contributed by atoms with Crippen molar-refractivity contribution in [3.63, 3.8) is 0 Å². The molecule has 1 aliphatic rings. The van der Waals surface area contributed by atoms with Crippen molar-refractivity contribution in [2.75, 3.05) is 13.1 Å². The van der Waals surface area contributed by atoms with Gasteiger partial charge in [-0.2, -0.15) is 0 Å². The molecule has 19 heavy (non-hydrogen) atoms. The van der Waals surface area contributed by atoms with Crippen LogP contribution in [0.1, 0.15) is 13.3 Å². The first-order valence-electron chi connectivity index (χ1n) is 6.23. The molecule has 2 unspecified atom stereocenters. The van der Waals surface area contributed by atoms with Crippen LogP contribution in [0.2, 0.25) is 0 Å². The minimum Gasteiger partial charge on any atom is -0.393 e. The van der Waals surface area contributed by atoms with E-state index < -0.39 is 11.2 Å². The number of aromatic nitrogens is 2.